The van der Waals surface area contributed by atoms with Gasteiger partial charge in [0.2, 0.25) is 0 Å². The SMILES string of the molecule is CCCOCC.COc1cc(OC)c(Cl)c(-c2cc3cnc(N)cc3c(N3CCC(OC)C3)n2)c1Cl. The van der Waals surface area contributed by atoms with Gasteiger partial charge in [0.05, 0.1) is 36.1 Å². The van der Waals surface area contributed by atoms with Crippen LogP contribution < -0.4 is 20.1 Å². The number of hydrogen-bond donors (Lipinski definition) is 1. The van der Waals surface area contributed by atoms with Gasteiger partial charge in [-0.25, -0.2) is 9.97 Å². The van der Waals surface area contributed by atoms with E-state index in [1.165, 1.54) is 0 Å². The second kappa shape index (κ2) is 13.1. The molecule has 1 atom stereocenters. The van der Waals surface area contributed by atoms with Crippen LogP contribution in [0.5, 0.6) is 11.5 Å². The first-order valence-electron chi connectivity index (χ1n) is 11.9. The van der Waals surface area contributed by atoms with E-state index in [-0.39, 0.29) is 6.10 Å². The number of nitrogen functional groups attached to an aromatic ring is 1. The number of nitrogens with zero attached hydrogens (tertiary/aromatic N) is 3. The molecular weight excluding hydrogens is 503 g/mol. The summed E-state index contributed by atoms with van der Waals surface area (Å²) in [6.07, 6.45) is 3.92. The highest BCUT2D eigenvalue weighted by Gasteiger charge is 2.27. The van der Waals surface area contributed by atoms with Crippen molar-refractivity contribution in [2.75, 3.05) is 58.3 Å². The van der Waals surface area contributed by atoms with E-state index in [1.807, 2.05) is 19.1 Å². The number of nitrogens with two attached hydrogens (primary N) is 1. The van der Waals surface area contributed by atoms with Crippen LogP contribution in [0.15, 0.2) is 24.4 Å². The zero-order valence-corrected chi connectivity index (χ0v) is 22.9. The van der Waals surface area contributed by atoms with Crippen molar-refractivity contribution in [2.45, 2.75) is 32.8 Å². The maximum Gasteiger partial charge on any atom is 0.141 e. The smallest absolute Gasteiger partial charge is 0.141 e. The molecule has 3 aromatic rings. The first-order chi connectivity index (χ1) is 17.4. The number of anilines is 2. The summed E-state index contributed by atoms with van der Waals surface area (Å²) in [7, 11) is 4.80. The van der Waals surface area contributed by atoms with Gasteiger partial charge >= 0.3 is 0 Å². The van der Waals surface area contributed by atoms with Crippen LogP contribution in [0.2, 0.25) is 10.0 Å². The lowest BCUT2D eigenvalue weighted by Gasteiger charge is -2.21. The Morgan fingerprint density at radius 3 is 2.28 bits per heavy atom. The molecule has 1 fully saturated rings. The van der Waals surface area contributed by atoms with E-state index in [2.05, 4.69) is 16.8 Å². The molecule has 1 unspecified atom stereocenters. The fourth-order valence-corrected chi connectivity index (χ4v) is 4.72. The number of ether oxygens (including phenoxy) is 4. The minimum absolute atomic E-state index is 0.147. The summed E-state index contributed by atoms with van der Waals surface area (Å²) in [4.78, 5) is 11.4. The van der Waals surface area contributed by atoms with Crippen molar-refractivity contribution in [1.29, 1.82) is 0 Å². The minimum atomic E-state index is 0.147. The molecule has 2 aromatic heterocycles. The first-order valence-corrected chi connectivity index (χ1v) is 12.7. The first kappa shape index (κ1) is 28.1. The molecular formula is C26H34Cl2N4O4. The van der Waals surface area contributed by atoms with Crippen LogP contribution in [-0.2, 0) is 9.47 Å². The van der Waals surface area contributed by atoms with E-state index in [9.17, 15) is 0 Å². The van der Waals surface area contributed by atoms with Crippen molar-refractivity contribution in [2.24, 2.45) is 0 Å². The van der Waals surface area contributed by atoms with Crippen molar-refractivity contribution in [3.63, 3.8) is 0 Å². The lowest BCUT2D eigenvalue weighted by Crippen LogP contribution is -2.23. The molecule has 10 heteroatoms. The number of aromatic nitrogens is 2. The average Bonchev–Trinajstić information content (AvgIpc) is 3.37. The van der Waals surface area contributed by atoms with Gasteiger partial charge in [0.15, 0.2) is 0 Å². The van der Waals surface area contributed by atoms with Crippen LogP contribution in [0.3, 0.4) is 0 Å². The lowest BCUT2D eigenvalue weighted by molar-refractivity contribution is 0.121. The van der Waals surface area contributed by atoms with Crippen LogP contribution >= 0.6 is 23.2 Å². The van der Waals surface area contributed by atoms with Crippen molar-refractivity contribution < 1.29 is 18.9 Å². The Labute approximate surface area is 222 Å². The normalized spacial score (nSPS) is 15.1. The van der Waals surface area contributed by atoms with Crippen LogP contribution in [0, 0.1) is 0 Å². The van der Waals surface area contributed by atoms with E-state index in [4.69, 9.17) is 52.9 Å². The summed E-state index contributed by atoms with van der Waals surface area (Å²) in [6.45, 7) is 7.43. The molecule has 0 bridgehead atoms. The van der Waals surface area contributed by atoms with Gasteiger partial charge in [0.1, 0.15) is 23.1 Å². The number of fused-ring (bicyclic) bond motifs is 1. The highest BCUT2D eigenvalue weighted by Crippen LogP contribution is 2.46. The Morgan fingerprint density at radius 1 is 1.06 bits per heavy atom. The van der Waals surface area contributed by atoms with Gasteiger partial charge in [-0.15, -0.1) is 0 Å². The summed E-state index contributed by atoms with van der Waals surface area (Å²) in [5.74, 6) is 2.12. The standard InChI is InChI=1S/C21H22Cl2N4O3.C5H12O/c1-28-12-4-5-27(10-12)21-13-7-17(24)25-9-11(13)6-14(26-21)18-19(22)15(29-2)8-16(30-3)20(18)23;1-3-5-6-4-2/h6-9,12H,4-5,10H2,1-3H3,(H2,24,25);3-5H2,1-2H3. The number of hydrogen-bond acceptors (Lipinski definition) is 8. The van der Waals surface area contributed by atoms with Gasteiger partial charge in [-0.05, 0) is 31.9 Å². The Bertz CT molecular complexity index is 1150. The maximum atomic E-state index is 6.64. The molecule has 0 amide bonds. The molecule has 1 aliphatic heterocycles. The topological polar surface area (TPSA) is 92.0 Å². The van der Waals surface area contributed by atoms with Crippen molar-refractivity contribution in [3.05, 3.63) is 34.4 Å². The number of pyridine rings is 2. The fourth-order valence-electron chi connectivity index (χ4n) is 4.03. The molecule has 8 nitrogen and oxygen atoms in total. The van der Waals surface area contributed by atoms with Crippen LogP contribution in [0.25, 0.3) is 22.0 Å². The molecule has 2 N–H and O–H groups in total. The van der Waals surface area contributed by atoms with Gasteiger partial charge in [0.25, 0.3) is 0 Å². The second-order valence-electron chi connectivity index (χ2n) is 8.23. The van der Waals surface area contributed by atoms with Gasteiger partial charge in [-0.3, -0.25) is 0 Å². The molecule has 1 saturated heterocycles. The van der Waals surface area contributed by atoms with Crippen LogP contribution in [-0.4, -0.2) is 63.7 Å². The molecule has 1 aromatic carbocycles. The van der Waals surface area contributed by atoms with E-state index in [0.29, 0.717) is 38.6 Å². The Balaban J connectivity index is 0.000000538. The molecule has 0 aliphatic carbocycles. The van der Waals surface area contributed by atoms with Crippen LogP contribution in [0.1, 0.15) is 26.7 Å². The molecule has 1 aliphatic rings. The predicted molar refractivity (Wildman–Crippen MR) is 147 cm³/mol. The van der Waals surface area contributed by atoms with E-state index in [0.717, 1.165) is 55.7 Å². The summed E-state index contributed by atoms with van der Waals surface area (Å²) in [6, 6.07) is 5.38. The van der Waals surface area contributed by atoms with Gasteiger partial charge in [-0.1, -0.05) is 30.1 Å². The Kier molecular flexibility index (Phi) is 10.2. The largest absolute Gasteiger partial charge is 0.495 e. The third-order valence-electron chi connectivity index (χ3n) is 5.88. The maximum absolute atomic E-state index is 6.64. The highest BCUT2D eigenvalue weighted by atomic mass is 35.5. The Hall–Kier alpha value is -2.52. The molecule has 4 rings (SSSR count). The quantitative estimate of drug-likeness (QED) is 0.357. The molecule has 0 saturated carbocycles. The fraction of sp³-hybridized carbons (Fsp3) is 0.462. The zero-order valence-electron chi connectivity index (χ0n) is 21.4. The summed E-state index contributed by atoms with van der Waals surface area (Å²) < 4.78 is 21.3. The third-order valence-corrected chi connectivity index (χ3v) is 6.63. The van der Waals surface area contributed by atoms with Crippen LogP contribution in [0.4, 0.5) is 11.6 Å². The number of rotatable bonds is 8. The van der Waals surface area contributed by atoms with Crippen molar-refractivity contribution >= 4 is 45.6 Å². The van der Waals surface area contributed by atoms with Crippen molar-refractivity contribution in [1.82, 2.24) is 9.97 Å². The summed E-state index contributed by atoms with van der Waals surface area (Å²) in [5, 5.41) is 2.51. The molecule has 36 heavy (non-hydrogen) atoms. The van der Waals surface area contributed by atoms with E-state index >= 15 is 0 Å². The molecule has 0 radical (unpaired) electrons. The highest BCUT2D eigenvalue weighted by molar-refractivity contribution is 6.41. The van der Waals surface area contributed by atoms with E-state index in [1.54, 1.807) is 33.6 Å². The van der Waals surface area contributed by atoms with Crippen molar-refractivity contribution in [3.8, 4) is 22.8 Å². The van der Waals surface area contributed by atoms with Gasteiger partial charge < -0.3 is 29.6 Å². The predicted octanol–water partition coefficient (Wildman–Crippen LogP) is 5.86. The van der Waals surface area contributed by atoms with Gasteiger partial charge in [-0.2, -0.15) is 0 Å². The lowest BCUT2D eigenvalue weighted by atomic mass is 10.1. The third kappa shape index (κ3) is 6.24. The summed E-state index contributed by atoms with van der Waals surface area (Å²) >= 11 is 13.3. The zero-order chi connectivity index (χ0) is 26.2. The van der Waals surface area contributed by atoms with Gasteiger partial charge in [0, 0.05) is 62.0 Å². The molecule has 196 valence electrons. The number of benzene rings is 1. The molecule has 3 heterocycles. The Morgan fingerprint density at radius 2 is 1.75 bits per heavy atom. The molecule has 0 spiro atoms. The average molecular weight is 537 g/mol. The number of halogens is 2. The summed E-state index contributed by atoms with van der Waals surface area (Å²) in [5.41, 5.74) is 7.09. The minimum Gasteiger partial charge on any atom is -0.495 e. The monoisotopic (exact) mass is 536 g/mol. The number of methoxy groups -OCH3 is 3. The second-order valence-corrected chi connectivity index (χ2v) is 8.99. The van der Waals surface area contributed by atoms with E-state index < -0.39 is 0 Å².